The quantitative estimate of drug-likeness (QED) is 0.0871. The second-order valence-corrected chi connectivity index (χ2v) is 10.9. The molecule has 0 aliphatic heterocycles. The van der Waals surface area contributed by atoms with E-state index in [1.165, 1.54) is 161 Å². The number of rotatable bonds is 27. The minimum Gasteiger partial charge on any atom is -0.261 e. The molecule has 1 rings (SSSR count). The minimum atomic E-state index is 1.08. The highest BCUT2D eigenvalue weighted by molar-refractivity contribution is 5.62. The van der Waals surface area contributed by atoms with Crippen molar-refractivity contribution in [2.24, 2.45) is 4.99 Å². The molecular weight excluding hydrogens is 422 g/mol. The van der Waals surface area contributed by atoms with E-state index in [4.69, 9.17) is 0 Å². The van der Waals surface area contributed by atoms with Gasteiger partial charge in [0.2, 0.25) is 0 Å². The molecule has 0 atom stereocenters. The van der Waals surface area contributed by atoms with Gasteiger partial charge in [-0.2, -0.15) is 0 Å². The van der Waals surface area contributed by atoms with Gasteiger partial charge in [0.1, 0.15) is 0 Å². The van der Waals surface area contributed by atoms with Gasteiger partial charge in [0.05, 0.1) is 5.69 Å². The molecule has 0 heterocycles. The summed E-state index contributed by atoms with van der Waals surface area (Å²) in [5.74, 6) is 0. The van der Waals surface area contributed by atoms with Gasteiger partial charge < -0.3 is 0 Å². The molecule has 0 saturated heterocycles. The predicted octanol–water partition coefficient (Wildman–Crippen LogP) is 12.6. The van der Waals surface area contributed by atoms with Gasteiger partial charge in [0.25, 0.3) is 0 Å². The highest BCUT2D eigenvalue weighted by Gasteiger charge is 1.96. The van der Waals surface area contributed by atoms with E-state index < -0.39 is 0 Å². The van der Waals surface area contributed by atoms with Crippen LogP contribution in [0.4, 0.5) is 5.69 Å². The Bertz CT molecular complexity index is 535. The van der Waals surface area contributed by atoms with Crippen molar-refractivity contribution in [1.82, 2.24) is 0 Å². The maximum absolute atomic E-state index is 4.51. The van der Waals surface area contributed by atoms with Crippen molar-refractivity contribution < 1.29 is 0 Å². The Balaban J connectivity index is 1.65. The number of unbranched alkanes of at least 4 members (excludes halogenated alkanes) is 25. The normalized spacial score (nSPS) is 11.6. The predicted molar refractivity (Wildman–Crippen MR) is 160 cm³/mol. The maximum atomic E-state index is 4.51. The topological polar surface area (TPSA) is 12.4 Å². The van der Waals surface area contributed by atoms with Crippen LogP contribution in [0.25, 0.3) is 0 Å². The average molecular weight is 484 g/mol. The van der Waals surface area contributed by atoms with Gasteiger partial charge in [-0.25, -0.2) is 0 Å². The molecular formula is C34H61N. The zero-order valence-electron chi connectivity index (χ0n) is 23.8. The fourth-order valence-corrected chi connectivity index (χ4v) is 5.06. The molecule has 1 aromatic rings. The van der Waals surface area contributed by atoms with Crippen molar-refractivity contribution in [3.63, 3.8) is 0 Å². The first-order valence-electron chi connectivity index (χ1n) is 16.0. The first-order chi connectivity index (χ1) is 17.4. The fraction of sp³-hybridized carbons (Fsp3) is 0.794. The summed E-state index contributed by atoms with van der Waals surface area (Å²) in [7, 11) is 0. The van der Waals surface area contributed by atoms with Crippen molar-refractivity contribution in [3.05, 3.63) is 30.3 Å². The number of aliphatic imine (C=N–C) groups is 1. The molecule has 0 saturated carbocycles. The van der Waals surface area contributed by atoms with Crippen molar-refractivity contribution in [2.45, 2.75) is 174 Å². The lowest BCUT2D eigenvalue weighted by molar-refractivity contribution is 0.516. The molecule has 0 radical (unpaired) electrons. The molecule has 0 bridgehead atoms. The van der Waals surface area contributed by atoms with Crippen LogP contribution in [0, 0.1) is 0 Å². The van der Waals surface area contributed by atoms with Gasteiger partial charge in [0.15, 0.2) is 0 Å². The number of nitrogens with zero attached hydrogens (tertiary/aromatic N) is 1. The highest BCUT2D eigenvalue weighted by atomic mass is 14.7. The summed E-state index contributed by atoms with van der Waals surface area (Å²) < 4.78 is 0. The Hall–Kier alpha value is -1.11. The highest BCUT2D eigenvalue weighted by Crippen LogP contribution is 2.16. The third-order valence-electron chi connectivity index (χ3n) is 7.43. The molecule has 1 nitrogen and oxygen atoms in total. The lowest BCUT2D eigenvalue weighted by Gasteiger charge is -2.04. The SMILES string of the molecule is CCCCCCCCCCCCCCCCCCCCCCCCCCCC=Nc1ccccc1. The molecule has 35 heavy (non-hydrogen) atoms. The molecule has 0 N–H and O–H groups in total. The Kier molecular flexibility index (Phi) is 25.1. The summed E-state index contributed by atoms with van der Waals surface area (Å²) in [6.07, 6.45) is 39.5. The van der Waals surface area contributed by atoms with E-state index in [1.807, 2.05) is 18.2 Å². The smallest absolute Gasteiger partial charge is 0.0625 e. The van der Waals surface area contributed by atoms with Crippen LogP contribution in [0.1, 0.15) is 174 Å². The van der Waals surface area contributed by atoms with E-state index in [0.717, 1.165) is 12.1 Å². The van der Waals surface area contributed by atoms with E-state index in [1.54, 1.807) is 0 Å². The monoisotopic (exact) mass is 483 g/mol. The molecule has 1 heteroatoms. The summed E-state index contributed by atoms with van der Waals surface area (Å²) >= 11 is 0. The molecule has 0 aliphatic carbocycles. The van der Waals surface area contributed by atoms with E-state index in [0.29, 0.717) is 0 Å². The molecule has 0 spiro atoms. The van der Waals surface area contributed by atoms with Crippen LogP contribution in [0.5, 0.6) is 0 Å². The first-order valence-corrected chi connectivity index (χ1v) is 16.0. The molecule has 1 aromatic carbocycles. The third-order valence-corrected chi connectivity index (χ3v) is 7.43. The van der Waals surface area contributed by atoms with E-state index in [-0.39, 0.29) is 0 Å². The Labute approximate surface area is 221 Å². The largest absolute Gasteiger partial charge is 0.261 e. The molecule has 0 aromatic heterocycles. The summed E-state index contributed by atoms with van der Waals surface area (Å²) in [5, 5.41) is 0. The standard InChI is InChI=1S/C34H61N/c1-2-3-4-5-6-7-8-9-10-11-12-13-14-15-16-17-18-19-20-21-22-23-24-25-26-30-33-35-34-31-28-27-29-32-34/h27-29,31-33H,2-26,30H2,1H3. The Morgan fingerprint density at radius 3 is 1.09 bits per heavy atom. The van der Waals surface area contributed by atoms with Crippen molar-refractivity contribution >= 4 is 11.9 Å². The van der Waals surface area contributed by atoms with Crippen molar-refractivity contribution in [3.8, 4) is 0 Å². The van der Waals surface area contributed by atoms with Crippen LogP contribution in [0.15, 0.2) is 35.3 Å². The molecule has 202 valence electrons. The number of benzene rings is 1. The van der Waals surface area contributed by atoms with Gasteiger partial charge in [-0.05, 0) is 25.0 Å². The van der Waals surface area contributed by atoms with Gasteiger partial charge in [-0.15, -0.1) is 0 Å². The van der Waals surface area contributed by atoms with Gasteiger partial charge in [-0.3, -0.25) is 4.99 Å². The lowest BCUT2D eigenvalue weighted by Crippen LogP contribution is -1.85. The second kappa shape index (κ2) is 27.5. The summed E-state index contributed by atoms with van der Waals surface area (Å²) in [6, 6.07) is 10.3. The number of para-hydroxylation sites is 1. The van der Waals surface area contributed by atoms with E-state index in [2.05, 4.69) is 30.3 Å². The fourth-order valence-electron chi connectivity index (χ4n) is 5.06. The van der Waals surface area contributed by atoms with Crippen LogP contribution in [-0.2, 0) is 0 Å². The van der Waals surface area contributed by atoms with Crippen LogP contribution in [0.3, 0.4) is 0 Å². The third kappa shape index (κ3) is 24.4. The van der Waals surface area contributed by atoms with Gasteiger partial charge in [-0.1, -0.05) is 179 Å². The summed E-state index contributed by atoms with van der Waals surface area (Å²) in [6.45, 7) is 2.30. The zero-order valence-corrected chi connectivity index (χ0v) is 23.8. The van der Waals surface area contributed by atoms with Gasteiger partial charge >= 0.3 is 0 Å². The molecule has 0 amide bonds. The van der Waals surface area contributed by atoms with E-state index >= 15 is 0 Å². The summed E-state index contributed by atoms with van der Waals surface area (Å²) in [5.41, 5.74) is 1.08. The van der Waals surface area contributed by atoms with Crippen LogP contribution in [0.2, 0.25) is 0 Å². The van der Waals surface area contributed by atoms with Crippen molar-refractivity contribution in [2.75, 3.05) is 0 Å². The molecule has 0 unspecified atom stereocenters. The number of hydrogen-bond donors (Lipinski definition) is 0. The van der Waals surface area contributed by atoms with E-state index in [9.17, 15) is 0 Å². The van der Waals surface area contributed by atoms with Crippen LogP contribution in [-0.4, -0.2) is 6.21 Å². The molecule has 0 fully saturated rings. The lowest BCUT2D eigenvalue weighted by atomic mass is 10.0. The average Bonchev–Trinajstić information content (AvgIpc) is 2.89. The Morgan fingerprint density at radius 2 is 0.743 bits per heavy atom. The maximum Gasteiger partial charge on any atom is 0.0625 e. The van der Waals surface area contributed by atoms with Gasteiger partial charge in [0, 0.05) is 6.21 Å². The number of hydrogen-bond acceptors (Lipinski definition) is 1. The molecule has 0 aliphatic rings. The van der Waals surface area contributed by atoms with Crippen molar-refractivity contribution in [1.29, 1.82) is 0 Å². The minimum absolute atomic E-state index is 1.08. The first kappa shape index (κ1) is 31.9. The Morgan fingerprint density at radius 1 is 0.429 bits per heavy atom. The summed E-state index contributed by atoms with van der Waals surface area (Å²) in [4.78, 5) is 4.51. The van der Waals surface area contributed by atoms with Crippen LogP contribution < -0.4 is 0 Å². The zero-order chi connectivity index (χ0) is 24.9. The van der Waals surface area contributed by atoms with Crippen LogP contribution >= 0.6 is 0 Å². The second-order valence-electron chi connectivity index (χ2n) is 10.9.